The number of fused-ring (bicyclic) bond motifs is 1. The summed E-state index contributed by atoms with van der Waals surface area (Å²) < 4.78 is 75.3. The second kappa shape index (κ2) is 13.1. The van der Waals surface area contributed by atoms with Crippen LogP contribution in [-0.2, 0) is 29.0 Å². The molecule has 5 rings (SSSR count). The number of carboxylic acids is 2. The van der Waals surface area contributed by atoms with Gasteiger partial charge in [0.25, 0.3) is 0 Å². The molecular weight excluding hydrogens is 597 g/mol. The monoisotopic (exact) mass is 627 g/mol. The van der Waals surface area contributed by atoms with Crippen LogP contribution in [0, 0.1) is 34.5 Å². The van der Waals surface area contributed by atoms with E-state index in [-0.39, 0.29) is 37.7 Å². The van der Waals surface area contributed by atoms with E-state index in [0.29, 0.717) is 24.3 Å². The number of unbranched alkanes of at least 4 members (excludes halogenated alkanes) is 1. The quantitative estimate of drug-likeness (QED) is 0.0490. The fraction of sp³-hybridized carbons (Fsp3) is 0.294. The van der Waals surface area contributed by atoms with Crippen molar-refractivity contribution in [3.8, 4) is 5.75 Å². The van der Waals surface area contributed by atoms with E-state index in [2.05, 4.69) is 0 Å². The van der Waals surface area contributed by atoms with E-state index in [1.165, 1.54) is 0 Å². The van der Waals surface area contributed by atoms with Crippen LogP contribution in [-0.4, -0.2) is 33.3 Å². The number of rotatable bonds is 14. The first-order valence-electron chi connectivity index (χ1n) is 14.4. The Bertz CT molecular complexity index is 1750. The lowest BCUT2D eigenvalue weighted by atomic mass is 10.0. The molecule has 1 aliphatic carbocycles. The van der Waals surface area contributed by atoms with Crippen LogP contribution in [0.4, 0.5) is 22.0 Å². The van der Waals surface area contributed by atoms with Crippen LogP contribution in [0.2, 0.25) is 0 Å². The van der Waals surface area contributed by atoms with Crippen LogP contribution in [0.1, 0.15) is 54.4 Å². The fourth-order valence-corrected chi connectivity index (χ4v) is 5.61. The molecule has 6 nitrogen and oxygen atoms in total. The van der Waals surface area contributed by atoms with E-state index in [4.69, 9.17) is 4.74 Å². The zero-order valence-electron chi connectivity index (χ0n) is 24.1. The van der Waals surface area contributed by atoms with Crippen molar-refractivity contribution in [1.82, 2.24) is 4.57 Å². The van der Waals surface area contributed by atoms with E-state index < -0.39 is 46.6 Å². The molecule has 0 bridgehead atoms. The first-order chi connectivity index (χ1) is 21.5. The molecule has 0 atom stereocenters. The maximum absolute atomic E-state index is 13.8. The van der Waals surface area contributed by atoms with E-state index in [0.717, 1.165) is 34.9 Å². The Morgan fingerprint density at radius 1 is 0.844 bits per heavy atom. The summed E-state index contributed by atoms with van der Waals surface area (Å²) >= 11 is 0. The first kappa shape index (κ1) is 31.7. The van der Waals surface area contributed by atoms with Gasteiger partial charge in [-0.1, -0.05) is 36.4 Å². The topological polar surface area (TPSA) is 88.8 Å². The van der Waals surface area contributed by atoms with E-state index >= 15 is 0 Å². The second-order valence-electron chi connectivity index (χ2n) is 11.4. The highest BCUT2D eigenvalue weighted by Gasteiger charge is 2.45. The van der Waals surface area contributed by atoms with E-state index in [1.54, 1.807) is 12.1 Å². The number of aliphatic carboxylic acids is 2. The van der Waals surface area contributed by atoms with Gasteiger partial charge in [-0.2, -0.15) is 0 Å². The van der Waals surface area contributed by atoms with Crippen molar-refractivity contribution < 1.29 is 46.5 Å². The Morgan fingerprint density at radius 3 is 2.13 bits per heavy atom. The lowest BCUT2D eigenvalue weighted by molar-refractivity contribution is -0.138. The predicted octanol–water partition coefficient (Wildman–Crippen LogP) is 7.79. The predicted molar refractivity (Wildman–Crippen MR) is 157 cm³/mol. The summed E-state index contributed by atoms with van der Waals surface area (Å²) in [5.41, 5.74) is 1.99. The standard InChI is InChI=1S/C34H30F5NO5/c35-29-24(30(36)32(38)33(39)31(29)37)5-1-2-15-45-23-11-8-20(9-12-23)7-10-21-4-3-6-25-28(21)22(16-26(41)42)18-40(25)19-34(13-14-34)17-27(43)44/h3-4,6-12,18H,1-2,5,13-17,19H2,(H,41,42)(H,43,44)/b10-7+. The van der Waals surface area contributed by atoms with Gasteiger partial charge in [0.15, 0.2) is 23.3 Å². The number of ether oxygens (including phenoxy) is 1. The SMILES string of the molecule is O=C(O)Cc1cn(CC2(CC(=O)O)CC2)c2cccc(/C=C/c3ccc(OCCCCc4c(F)c(F)c(F)c(F)c4F)cc3)c12. The average molecular weight is 628 g/mol. The van der Waals surface area contributed by atoms with E-state index in [9.17, 15) is 41.8 Å². The van der Waals surface area contributed by atoms with Gasteiger partial charge in [0.1, 0.15) is 5.75 Å². The number of aromatic nitrogens is 1. The molecule has 0 unspecified atom stereocenters. The van der Waals surface area contributed by atoms with Gasteiger partial charge in [0.05, 0.1) is 19.4 Å². The maximum Gasteiger partial charge on any atom is 0.307 e. The third-order valence-electron chi connectivity index (χ3n) is 8.07. The number of carboxylic acid groups (broad SMARTS) is 2. The third kappa shape index (κ3) is 7.19. The van der Waals surface area contributed by atoms with Crippen LogP contribution in [0.15, 0.2) is 48.7 Å². The molecule has 2 N–H and O–H groups in total. The first-order valence-corrected chi connectivity index (χ1v) is 14.4. The molecule has 1 saturated carbocycles. The molecule has 1 aliphatic rings. The summed E-state index contributed by atoms with van der Waals surface area (Å²) in [5, 5.41) is 19.7. The van der Waals surface area contributed by atoms with Gasteiger partial charge in [0, 0.05) is 29.2 Å². The van der Waals surface area contributed by atoms with Gasteiger partial charge in [-0.3, -0.25) is 9.59 Å². The highest BCUT2D eigenvalue weighted by Crippen LogP contribution is 2.51. The van der Waals surface area contributed by atoms with Crippen molar-refractivity contribution in [2.24, 2.45) is 5.41 Å². The van der Waals surface area contributed by atoms with Gasteiger partial charge in [-0.15, -0.1) is 0 Å². The fourth-order valence-electron chi connectivity index (χ4n) is 5.61. The van der Waals surface area contributed by atoms with Crippen molar-refractivity contribution in [2.75, 3.05) is 6.61 Å². The number of hydrogen-bond donors (Lipinski definition) is 2. The Balaban J connectivity index is 1.22. The normalized spacial score (nSPS) is 13.9. The molecule has 236 valence electrons. The maximum atomic E-state index is 13.8. The molecule has 4 aromatic rings. The van der Waals surface area contributed by atoms with Crippen molar-refractivity contribution in [2.45, 2.75) is 51.5 Å². The Hall–Kier alpha value is -4.67. The summed E-state index contributed by atoms with van der Waals surface area (Å²) in [5.74, 6) is -11.0. The van der Waals surface area contributed by atoms with Crippen LogP contribution in [0.25, 0.3) is 23.1 Å². The van der Waals surface area contributed by atoms with Crippen molar-refractivity contribution in [3.63, 3.8) is 0 Å². The van der Waals surface area contributed by atoms with Gasteiger partial charge in [0.2, 0.25) is 5.82 Å². The average Bonchev–Trinajstić information content (AvgIpc) is 3.67. The Kier molecular flexibility index (Phi) is 9.27. The largest absolute Gasteiger partial charge is 0.494 e. The molecule has 1 fully saturated rings. The summed E-state index contributed by atoms with van der Waals surface area (Å²) in [6.07, 6.45) is 7.23. The molecular formula is C34H30F5NO5. The van der Waals surface area contributed by atoms with E-state index in [1.807, 2.05) is 53.2 Å². The van der Waals surface area contributed by atoms with Gasteiger partial charge in [-0.05, 0) is 72.4 Å². The summed E-state index contributed by atoms with van der Waals surface area (Å²) in [4.78, 5) is 23.0. The third-order valence-corrected chi connectivity index (χ3v) is 8.07. The Labute approximate surface area is 255 Å². The lowest BCUT2D eigenvalue weighted by Crippen LogP contribution is -2.15. The molecule has 0 radical (unpaired) electrons. The molecule has 3 aromatic carbocycles. The molecule has 45 heavy (non-hydrogen) atoms. The zero-order chi connectivity index (χ0) is 32.3. The van der Waals surface area contributed by atoms with Crippen LogP contribution >= 0.6 is 0 Å². The number of halogens is 5. The summed E-state index contributed by atoms with van der Waals surface area (Å²) in [6.45, 7) is 0.671. The van der Waals surface area contributed by atoms with Crippen LogP contribution < -0.4 is 4.74 Å². The van der Waals surface area contributed by atoms with Crippen molar-refractivity contribution in [3.05, 3.63) is 100 Å². The second-order valence-corrected chi connectivity index (χ2v) is 11.4. The minimum absolute atomic E-state index is 0.0681. The number of carbonyl (C=O) groups is 2. The molecule has 11 heteroatoms. The minimum Gasteiger partial charge on any atom is -0.494 e. The molecule has 0 saturated heterocycles. The molecule has 1 heterocycles. The molecule has 1 aromatic heterocycles. The number of hydrogen-bond acceptors (Lipinski definition) is 3. The highest BCUT2D eigenvalue weighted by atomic mass is 19.2. The molecule has 0 aliphatic heterocycles. The molecule has 0 amide bonds. The highest BCUT2D eigenvalue weighted by molar-refractivity contribution is 5.96. The summed E-state index contributed by atoms with van der Waals surface area (Å²) in [7, 11) is 0. The van der Waals surface area contributed by atoms with Gasteiger partial charge in [-0.25, -0.2) is 22.0 Å². The summed E-state index contributed by atoms with van der Waals surface area (Å²) in [6, 6.07) is 12.8. The molecule has 0 spiro atoms. The lowest BCUT2D eigenvalue weighted by Gasteiger charge is -2.14. The number of benzene rings is 3. The number of nitrogens with zero attached hydrogens (tertiary/aromatic N) is 1. The minimum atomic E-state index is -2.18. The van der Waals surface area contributed by atoms with Gasteiger partial charge < -0.3 is 19.5 Å². The smallest absolute Gasteiger partial charge is 0.307 e. The Morgan fingerprint density at radius 2 is 1.51 bits per heavy atom. The van der Waals surface area contributed by atoms with Crippen LogP contribution in [0.3, 0.4) is 0 Å². The van der Waals surface area contributed by atoms with Crippen LogP contribution in [0.5, 0.6) is 5.75 Å². The zero-order valence-corrected chi connectivity index (χ0v) is 24.1. The van der Waals surface area contributed by atoms with Gasteiger partial charge >= 0.3 is 11.9 Å². The van der Waals surface area contributed by atoms with Crippen molar-refractivity contribution >= 4 is 35.0 Å². The van der Waals surface area contributed by atoms with Crippen molar-refractivity contribution in [1.29, 1.82) is 0 Å².